The zero-order valence-corrected chi connectivity index (χ0v) is 13.9. The lowest BCUT2D eigenvalue weighted by Crippen LogP contribution is -2.04. The van der Waals surface area contributed by atoms with Gasteiger partial charge < -0.3 is 0 Å². The summed E-state index contributed by atoms with van der Waals surface area (Å²) in [6.45, 7) is 3.03. The lowest BCUT2D eigenvalue weighted by molar-refractivity contribution is 0.553. The highest BCUT2D eigenvalue weighted by molar-refractivity contribution is 5.62. The maximum atomic E-state index is 4.65. The standard InChI is InChI=1S/C17H18N8/c1-2-3-8-23-13-15(21-22-23)14-11-16(24-9-4-6-18-24)20-17(12-14)25-10-5-7-19-25/h4-7,9-13H,2-3,8H2,1H3. The summed E-state index contributed by atoms with van der Waals surface area (Å²) in [4.78, 5) is 4.65. The van der Waals surface area contributed by atoms with Gasteiger partial charge in [-0.3, -0.25) is 4.68 Å². The molecule has 0 saturated carbocycles. The van der Waals surface area contributed by atoms with E-state index in [1.165, 1.54) is 0 Å². The molecule has 4 heterocycles. The van der Waals surface area contributed by atoms with Crippen molar-refractivity contribution in [1.29, 1.82) is 0 Å². The average molecular weight is 334 g/mol. The summed E-state index contributed by atoms with van der Waals surface area (Å²) in [5.41, 5.74) is 1.73. The molecule has 4 aromatic heterocycles. The first-order chi connectivity index (χ1) is 12.3. The Bertz CT molecular complexity index is 885. The van der Waals surface area contributed by atoms with E-state index in [2.05, 4.69) is 32.4 Å². The molecule has 0 aliphatic carbocycles. The van der Waals surface area contributed by atoms with Crippen molar-refractivity contribution >= 4 is 0 Å². The lowest BCUT2D eigenvalue weighted by Gasteiger charge is -2.07. The number of rotatable bonds is 6. The van der Waals surface area contributed by atoms with Gasteiger partial charge in [0.05, 0.1) is 6.20 Å². The van der Waals surface area contributed by atoms with Gasteiger partial charge in [0.15, 0.2) is 11.6 Å². The minimum absolute atomic E-state index is 0.705. The first kappa shape index (κ1) is 15.3. The molecule has 0 aromatic carbocycles. The summed E-state index contributed by atoms with van der Waals surface area (Å²) in [6, 6.07) is 7.63. The number of aromatic nitrogens is 8. The van der Waals surface area contributed by atoms with Crippen molar-refractivity contribution < 1.29 is 0 Å². The van der Waals surface area contributed by atoms with Gasteiger partial charge in [-0.1, -0.05) is 18.6 Å². The van der Waals surface area contributed by atoms with Crippen LogP contribution in [0.3, 0.4) is 0 Å². The molecular formula is C17H18N8. The summed E-state index contributed by atoms with van der Waals surface area (Å²) in [5, 5.41) is 17.1. The third kappa shape index (κ3) is 3.18. The maximum absolute atomic E-state index is 4.65. The molecule has 0 spiro atoms. The van der Waals surface area contributed by atoms with Gasteiger partial charge in [-0.05, 0) is 30.7 Å². The molecule has 0 N–H and O–H groups in total. The Morgan fingerprint density at radius 1 is 0.960 bits per heavy atom. The fraction of sp³-hybridized carbons (Fsp3) is 0.235. The SMILES string of the molecule is CCCCn1cc(-c2cc(-n3cccn3)nc(-n3cccn3)c2)nn1. The molecule has 0 fully saturated rings. The molecule has 0 radical (unpaired) electrons. The molecule has 0 bridgehead atoms. The fourth-order valence-corrected chi connectivity index (χ4v) is 2.55. The Morgan fingerprint density at radius 2 is 1.64 bits per heavy atom. The maximum Gasteiger partial charge on any atom is 0.156 e. The second kappa shape index (κ2) is 6.68. The number of pyridine rings is 1. The molecule has 0 atom stereocenters. The molecule has 4 aromatic rings. The van der Waals surface area contributed by atoms with E-state index in [1.54, 1.807) is 21.8 Å². The molecule has 0 amide bonds. The van der Waals surface area contributed by atoms with E-state index in [0.717, 1.165) is 30.6 Å². The van der Waals surface area contributed by atoms with Crippen LogP contribution >= 0.6 is 0 Å². The molecule has 0 aliphatic heterocycles. The zero-order chi connectivity index (χ0) is 17.1. The molecule has 8 heteroatoms. The van der Waals surface area contributed by atoms with Gasteiger partial charge in [-0.2, -0.15) is 10.2 Å². The number of nitrogens with zero attached hydrogens (tertiary/aromatic N) is 8. The van der Waals surface area contributed by atoms with E-state index in [4.69, 9.17) is 0 Å². The second-order valence-electron chi connectivity index (χ2n) is 5.69. The third-order valence-electron chi connectivity index (χ3n) is 3.85. The molecule has 4 rings (SSSR count). The highest BCUT2D eigenvalue weighted by Gasteiger charge is 2.11. The second-order valence-corrected chi connectivity index (χ2v) is 5.69. The first-order valence-electron chi connectivity index (χ1n) is 8.26. The van der Waals surface area contributed by atoms with Crippen LogP contribution in [-0.4, -0.2) is 39.5 Å². The van der Waals surface area contributed by atoms with Gasteiger partial charge in [-0.15, -0.1) is 5.10 Å². The molecule has 8 nitrogen and oxygen atoms in total. The predicted octanol–water partition coefficient (Wildman–Crippen LogP) is 2.51. The summed E-state index contributed by atoms with van der Waals surface area (Å²) >= 11 is 0. The van der Waals surface area contributed by atoms with Crippen molar-refractivity contribution in [3.63, 3.8) is 0 Å². The van der Waals surface area contributed by atoms with Crippen molar-refractivity contribution in [2.75, 3.05) is 0 Å². The van der Waals surface area contributed by atoms with E-state index in [0.29, 0.717) is 11.6 Å². The van der Waals surface area contributed by atoms with E-state index in [-0.39, 0.29) is 0 Å². The summed E-state index contributed by atoms with van der Waals surface area (Å²) < 4.78 is 5.32. The smallest absolute Gasteiger partial charge is 0.156 e. The molecular weight excluding hydrogens is 316 g/mol. The monoisotopic (exact) mass is 334 g/mol. The molecule has 25 heavy (non-hydrogen) atoms. The third-order valence-corrected chi connectivity index (χ3v) is 3.85. The van der Waals surface area contributed by atoms with Gasteiger partial charge in [0.25, 0.3) is 0 Å². The van der Waals surface area contributed by atoms with Crippen molar-refractivity contribution in [3.8, 4) is 22.9 Å². The van der Waals surface area contributed by atoms with Crippen LogP contribution in [0.2, 0.25) is 0 Å². The van der Waals surface area contributed by atoms with Crippen LogP contribution in [0.15, 0.2) is 55.2 Å². The summed E-state index contributed by atoms with van der Waals surface area (Å²) in [5.74, 6) is 1.41. The number of hydrogen-bond donors (Lipinski definition) is 0. The number of unbranched alkanes of at least 4 members (excludes halogenated alkanes) is 1. The Morgan fingerprint density at radius 3 is 2.20 bits per heavy atom. The number of aryl methyl sites for hydroxylation is 1. The minimum atomic E-state index is 0.705. The lowest BCUT2D eigenvalue weighted by atomic mass is 10.2. The highest BCUT2D eigenvalue weighted by atomic mass is 15.4. The Kier molecular flexibility index (Phi) is 4.07. The summed E-state index contributed by atoms with van der Waals surface area (Å²) in [6.07, 6.45) is 11.3. The van der Waals surface area contributed by atoms with E-state index < -0.39 is 0 Å². The Balaban J connectivity index is 1.77. The average Bonchev–Trinajstić information content (AvgIpc) is 3.42. The zero-order valence-electron chi connectivity index (χ0n) is 13.9. The van der Waals surface area contributed by atoms with Crippen LogP contribution in [0.4, 0.5) is 0 Å². The van der Waals surface area contributed by atoms with Crippen LogP contribution in [0.5, 0.6) is 0 Å². The quantitative estimate of drug-likeness (QED) is 0.541. The minimum Gasteiger partial charge on any atom is -0.252 e. The number of hydrogen-bond acceptors (Lipinski definition) is 5. The van der Waals surface area contributed by atoms with Crippen LogP contribution < -0.4 is 0 Å². The Labute approximate surface area is 144 Å². The van der Waals surface area contributed by atoms with E-state index >= 15 is 0 Å². The van der Waals surface area contributed by atoms with Crippen molar-refractivity contribution in [2.24, 2.45) is 0 Å². The van der Waals surface area contributed by atoms with E-state index in [1.807, 2.05) is 47.5 Å². The topological polar surface area (TPSA) is 79.2 Å². The Hall–Kier alpha value is -3.29. The first-order valence-corrected chi connectivity index (χ1v) is 8.26. The molecule has 0 saturated heterocycles. The van der Waals surface area contributed by atoms with E-state index in [9.17, 15) is 0 Å². The van der Waals surface area contributed by atoms with Crippen molar-refractivity contribution in [2.45, 2.75) is 26.3 Å². The van der Waals surface area contributed by atoms with Gasteiger partial charge in [-0.25, -0.2) is 14.3 Å². The summed E-state index contributed by atoms with van der Waals surface area (Å²) in [7, 11) is 0. The van der Waals surface area contributed by atoms with Gasteiger partial charge in [0, 0.05) is 36.9 Å². The van der Waals surface area contributed by atoms with Gasteiger partial charge in [0.2, 0.25) is 0 Å². The van der Waals surface area contributed by atoms with Crippen LogP contribution in [0, 0.1) is 0 Å². The van der Waals surface area contributed by atoms with Crippen LogP contribution in [0.25, 0.3) is 22.9 Å². The molecule has 126 valence electrons. The van der Waals surface area contributed by atoms with Crippen LogP contribution in [0.1, 0.15) is 19.8 Å². The van der Waals surface area contributed by atoms with Crippen molar-refractivity contribution in [1.82, 2.24) is 39.5 Å². The van der Waals surface area contributed by atoms with Crippen molar-refractivity contribution in [3.05, 3.63) is 55.2 Å². The fourth-order valence-electron chi connectivity index (χ4n) is 2.55. The molecule has 0 unspecified atom stereocenters. The normalized spacial score (nSPS) is 11.1. The predicted molar refractivity (Wildman–Crippen MR) is 92.4 cm³/mol. The van der Waals surface area contributed by atoms with Gasteiger partial charge >= 0.3 is 0 Å². The van der Waals surface area contributed by atoms with Crippen LogP contribution in [-0.2, 0) is 6.54 Å². The van der Waals surface area contributed by atoms with Gasteiger partial charge in [0.1, 0.15) is 5.69 Å². The highest BCUT2D eigenvalue weighted by Crippen LogP contribution is 2.21. The molecule has 0 aliphatic rings. The largest absolute Gasteiger partial charge is 0.252 e.